The topological polar surface area (TPSA) is 43.6 Å². The normalized spacial score (nSPS) is 10.6. The average molecular weight is 252 g/mol. The number of aromatic nitrogens is 2. The van der Waals surface area contributed by atoms with Crippen molar-refractivity contribution in [1.29, 1.82) is 0 Å². The monoisotopic (exact) mass is 252 g/mol. The van der Waals surface area contributed by atoms with Crippen LogP contribution in [-0.2, 0) is 0 Å². The highest BCUT2D eigenvalue weighted by Gasteiger charge is 2.11. The van der Waals surface area contributed by atoms with E-state index >= 15 is 0 Å². The van der Waals surface area contributed by atoms with Crippen LogP contribution in [0.3, 0.4) is 0 Å². The fourth-order valence-corrected chi connectivity index (χ4v) is 2.11. The molecule has 0 bridgehead atoms. The zero-order chi connectivity index (χ0) is 13.2. The molecule has 19 heavy (non-hydrogen) atoms. The first-order chi connectivity index (χ1) is 9.33. The molecule has 4 nitrogen and oxygen atoms in total. The molecule has 2 aromatic heterocycles. The predicted octanol–water partition coefficient (Wildman–Crippen LogP) is 2.82. The molecule has 3 rings (SSSR count). The van der Waals surface area contributed by atoms with Gasteiger partial charge in [0, 0.05) is 11.8 Å². The molecule has 0 radical (unpaired) electrons. The van der Waals surface area contributed by atoms with Crippen molar-refractivity contribution in [2.24, 2.45) is 0 Å². The molecule has 4 heteroatoms. The minimum absolute atomic E-state index is 0.443. The van der Waals surface area contributed by atoms with Crippen LogP contribution in [0.25, 0.3) is 16.9 Å². The van der Waals surface area contributed by atoms with E-state index in [2.05, 4.69) is 4.98 Å². The molecule has 0 N–H and O–H groups in total. The van der Waals surface area contributed by atoms with Crippen LogP contribution in [0.15, 0.2) is 48.7 Å². The molecule has 0 fully saturated rings. The second-order valence-corrected chi connectivity index (χ2v) is 4.13. The van der Waals surface area contributed by atoms with Gasteiger partial charge >= 0.3 is 0 Å². The Kier molecular flexibility index (Phi) is 2.76. The van der Waals surface area contributed by atoms with Gasteiger partial charge < -0.3 is 4.74 Å². The van der Waals surface area contributed by atoms with Crippen LogP contribution in [0, 0.1) is 0 Å². The number of aldehydes is 1. The van der Waals surface area contributed by atoms with E-state index in [1.54, 1.807) is 7.11 Å². The maximum absolute atomic E-state index is 11.1. The van der Waals surface area contributed by atoms with E-state index < -0.39 is 0 Å². The smallest absolute Gasteiger partial charge is 0.170 e. The highest BCUT2D eigenvalue weighted by molar-refractivity contribution is 5.86. The van der Waals surface area contributed by atoms with E-state index in [-0.39, 0.29) is 0 Å². The molecule has 0 aliphatic heterocycles. The molecule has 0 amide bonds. The number of rotatable bonds is 3. The van der Waals surface area contributed by atoms with Crippen molar-refractivity contribution in [3.63, 3.8) is 0 Å². The number of carbonyl (C=O) groups is 1. The van der Waals surface area contributed by atoms with Gasteiger partial charge in [0.05, 0.1) is 12.6 Å². The average Bonchev–Trinajstić information content (AvgIpc) is 2.86. The highest BCUT2D eigenvalue weighted by atomic mass is 16.5. The summed E-state index contributed by atoms with van der Waals surface area (Å²) in [5.41, 5.74) is 2.15. The third kappa shape index (κ3) is 1.87. The predicted molar refractivity (Wildman–Crippen MR) is 72.6 cm³/mol. The Morgan fingerprint density at radius 1 is 1.21 bits per heavy atom. The lowest BCUT2D eigenvalue weighted by molar-refractivity contribution is 0.112. The number of methoxy groups -OCH3 is 1. The summed E-state index contributed by atoms with van der Waals surface area (Å²) < 4.78 is 7.12. The Hall–Kier alpha value is -2.62. The van der Waals surface area contributed by atoms with Crippen LogP contribution >= 0.6 is 0 Å². The van der Waals surface area contributed by atoms with Crippen molar-refractivity contribution in [3.05, 3.63) is 54.4 Å². The van der Waals surface area contributed by atoms with Gasteiger partial charge in [0.1, 0.15) is 17.3 Å². The lowest BCUT2D eigenvalue weighted by atomic mass is 10.2. The van der Waals surface area contributed by atoms with E-state index in [1.165, 1.54) is 0 Å². The van der Waals surface area contributed by atoms with Crippen molar-refractivity contribution < 1.29 is 9.53 Å². The van der Waals surface area contributed by atoms with E-state index in [1.807, 2.05) is 53.1 Å². The third-order valence-electron chi connectivity index (χ3n) is 3.02. The molecule has 94 valence electrons. The number of hydrogen-bond acceptors (Lipinski definition) is 3. The van der Waals surface area contributed by atoms with E-state index in [0.29, 0.717) is 5.69 Å². The summed E-state index contributed by atoms with van der Waals surface area (Å²) in [7, 11) is 1.62. The minimum atomic E-state index is 0.443. The van der Waals surface area contributed by atoms with Crippen LogP contribution in [-0.4, -0.2) is 22.8 Å². The lowest BCUT2D eigenvalue weighted by Gasteiger charge is -2.03. The van der Waals surface area contributed by atoms with Crippen molar-refractivity contribution in [2.75, 3.05) is 7.11 Å². The molecular formula is C15H12N2O2. The van der Waals surface area contributed by atoms with Gasteiger partial charge in [0.2, 0.25) is 0 Å². The fourth-order valence-electron chi connectivity index (χ4n) is 2.11. The molecule has 2 heterocycles. The number of pyridine rings is 1. The van der Waals surface area contributed by atoms with E-state index in [9.17, 15) is 4.79 Å². The summed E-state index contributed by atoms with van der Waals surface area (Å²) in [6, 6.07) is 13.3. The Labute approximate surface area is 110 Å². The molecule has 1 aromatic carbocycles. The van der Waals surface area contributed by atoms with Crippen LogP contribution in [0.2, 0.25) is 0 Å². The first-order valence-corrected chi connectivity index (χ1v) is 5.90. The van der Waals surface area contributed by atoms with Crippen LogP contribution in [0.1, 0.15) is 10.5 Å². The van der Waals surface area contributed by atoms with Gasteiger partial charge in [-0.25, -0.2) is 4.98 Å². The van der Waals surface area contributed by atoms with Crippen LogP contribution in [0.5, 0.6) is 5.75 Å². The Morgan fingerprint density at radius 2 is 2.11 bits per heavy atom. The number of fused-ring (bicyclic) bond motifs is 1. The minimum Gasteiger partial charge on any atom is -0.497 e. The van der Waals surface area contributed by atoms with Crippen molar-refractivity contribution >= 4 is 11.8 Å². The molecule has 0 saturated heterocycles. The summed E-state index contributed by atoms with van der Waals surface area (Å²) >= 11 is 0. The molecule has 0 aliphatic rings. The van der Waals surface area contributed by atoms with Crippen molar-refractivity contribution in [2.45, 2.75) is 0 Å². The number of imidazole rings is 1. The maximum atomic E-state index is 11.1. The van der Waals surface area contributed by atoms with Gasteiger partial charge in [0.25, 0.3) is 0 Å². The zero-order valence-electron chi connectivity index (χ0n) is 10.4. The molecule has 3 aromatic rings. The maximum Gasteiger partial charge on any atom is 0.170 e. The van der Waals surface area contributed by atoms with Gasteiger partial charge in [-0.05, 0) is 24.3 Å². The number of benzene rings is 1. The molecule has 0 saturated carbocycles. The summed E-state index contributed by atoms with van der Waals surface area (Å²) in [4.78, 5) is 15.5. The Balaban J connectivity index is 2.27. The number of ether oxygens (including phenoxy) is 1. The fraction of sp³-hybridized carbons (Fsp3) is 0.0667. The van der Waals surface area contributed by atoms with Crippen molar-refractivity contribution in [3.8, 4) is 17.1 Å². The van der Waals surface area contributed by atoms with Gasteiger partial charge in [-0.2, -0.15) is 0 Å². The van der Waals surface area contributed by atoms with Crippen LogP contribution < -0.4 is 4.74 Å². The number of nitrogens with zero attached hydrogens (tertiary/aromatic N) is 2. The lowest BCUT2D eigenvalue weighted by Crippen LogP contribution is -1.89. The third-order valence-corrected chi connectivity index (χ3v) is 3.02. The van der Waals surface area contributed by atoms with Crippen molar-refractivity contribution in [1.82, 2.24) is 9.38 Å². The molecule has 0 atom stereocenters. The standard InChI is InChI=1S/C15H12N2O2/c1-19-12-6-4-5-11(9-12)15-16-13(10-18)14-7-2-3-8-17(14)15/h2-10H,1H3. The molecule has 0 unspecified atom stereocenters. The zero-order valence-corrected chi connectivity index (χ0v) is 10.4. The van der Waals surface area contributed by atoms with Crippen LogP contribution in [0.4, 0.5) is 0 Å². The van der Waals surface area contributed by atoms with Gasteiger partial charge in [-0.3, -0.25) is 9.20 Å². The second kappa shape index (κ2) is 4.57. The molecule has 0 spiro atoms. The second-order valence-electron chi connectivity index (χ2n) is 4.13. The highest BCUT2D eigenvalue weighted by Crippen LogP contribution is 2.25. The van der Waals surface area contributed by atoms with E-state index in [0.717, 1.165) is 28.9 Å². The molecule has 0 aliphatic carbocycles. The first-order valence-electron chi connectivity index (χ1n) is 5.90. The van der Waals surface area contributed by atoms with Gasteiger partial charge in [0.15, 0.2) is 6.29 Å². The first kappa shape index (κ1) is 11.5. The number of carbonyl (C=O) groups excluding carboxylic acids is 1. The molecular weight excluding hydrogens is 240 g/mol. The summed E-state index contributed by atoms with van der Waals surface area (Å²) in [6.45, 7) is 0. The number of hydrogen-bond donors (Lipinski definition) is 0. The summed E-state index contributed by atoms with van der Waals surface area (Å²) in [6.07, 6.45) is 2.67. The Bertz CT molecular complexity index is 747. The quantitative estimate of drug-likeness (QED) is 0.673. The van der Waals surface area contributed by atoms with E-state index in [4.69, 9.17) is 4.74 Å². The van der Waals surface area contributed by atoms with Gasteiger partial charge in [-0.15, -0.1) is 0 Å². The Morgan fingerprint density at radius 3 is 2.89 bits per heavy atom. The largest absolute Gasteiger partial charge is 0.497 e. The van der Waals surface area contributed by atoms with Gasteiger partial charge in [-0.1, -0.05) is 18.2 Å². The summed E-state index contributed by atoms with van der Waals surface area (Å²) in [5, 5.41) is 0. The summed E-state index contributed by atoms with van der Waals surface area (Å²) in [5.74, 6) is 1.49. The SMILES string of the molecule is COc1cccc(-c2nc(C=O)c3ccccn23)c1.